The molecule has 0 saturated carbocycles. The van der Waals surface area contributed by atoms with E-state index in [1.54, 1.807) is 12.1 Å². The molecular weight excluding hydrogens is 368 g/mol. The molecule has 1 unspecified atom stereocenters. The summed E-state index contributed by atoms with van der Waals surface area (Å²) in [6, 6.07) is 8.43. The van der Waals surface area contributed by atoms with Crippen molar-refractivity contribution >= 4 is 22.6 Å². The molecule has 2 aromatic rings. The Kier molecular flexibility index (Phi) is 4.43. The Balaban J connectivity index is 2.48. The van der Waals surface area contributed by atoms with Crippen molar-refractivity contribution in [1.29, 1.82) is 0 Å². The lowest BCUT2D eigenvalue weighted by molar-refractivity contribution is 0.433. The predicted molar refractivity (Wildman–Crippen MR) is 74.6 cm³/mol. The second-order valence-corrected chi connectivity index (χ2v) is 5.16. The second-order valence-electron chi connectivity index (χ2n) is 3.92. The fraction of sp³-hybridized carbons (Fsp3) is 0.0769. The molecule has 1 atom stereocenters. The molecule has 0 radical (unpaired) electrons. The van der Waals surface area contributed by atoms with Gasteiger partial charge in [-0.15, -0.1) is 0 Å². The van der Waals surface area contributed by atoms with Gasteiger partial charge in [0.15, 0.2) is 17.5 Å². The summed E-state index contributed by atoms with van der Waals surface area (Å²) in [5, 5.41) is 0. The fourth-order valence-electron chi connectivity index (χ4n) is 1.78. The SMILES string of the molecule is NNC(c1ccc(I)cc1)c1ccc(F)c(F)c1F. The van der Waals surface area contributed by atoms with Gasteiger partial charge in [0.2, 0.25) is 0 Å². The lowest BCUT2D eigenvalue weighted by atomic mass is 9.98. The highest BCUT2D eigenvalue weighted by Crippen LogP contribution is 2.26. The van der Waals surface area contributed by atoms with Crippen LogP contribution in [0, 0.1) is 21.0 Å². The summed E-state index contributed by atoms with van der Waals surface area (Å²) in [5.74, 6) is 1.44. The maximum absolute atomic E-state index is 13.8. The van der Waals surface area contributed by atoms with Gasteiger partial charge in [-0.3, -0.25) is 5.84 Å². The van der Waals surface area contributed by atoms with Crippen molar-refractivity contribution in [1.82, 2.24) is 5.43 Å². The lowest BCUT2D eigenvalue weighted by Gasteiger charge is -2.18. The standard InChI is InChI=1S/C13H10F3IN2/c14-10-6-5-9(11(15)12(10)16)13(19-18)7-1-3-8(17)4-2-7/h1-6,13,19H,18H2. The van der Waals surface area contributed by atoms with Gasteiger partial charge in [-0.2, -0.15) is 0 Å². The zero-order valence-corrected chi connectivity index (χ0v) is 11.8. The first kappa shape index (κ1) is 14.3. The molecule has 0 aliphatic heterocycles. The van der Waals surface area contributed by atoms with Gasteiger partial charge < -0.3 is 0 Å². The molecule has 6 heteroatoms. The van der Waals surface area contributed by atoms with Crippen molar-refractivity contribution in [3.8, 4) is 0 Å². The molecule has 0 fully saturated rings. The van der Waals surface area contributed by atoms with Crippen LogP contribution in [-0.4, -0.2) is 0 Å². The van der Waals surface area contributed by atoms with E-state index in [2.05, 4.69) is 28.0 Å². The molecular formula is C13H10F3IN2. The zero-order chi connectivity index (χ0) is 14.0. The molecule has 3 N–H and O–H groups in total. The Morgan fingerprint density at radius 3 is 2.16 bits per heavy atom. The first-order valence-corrected chi connectivity index (χ1v) is 6.47. The summed E-state index contributed by atoms with van der Waals surface area (Å²) >= 11 is 2.13. The normalized spacial score (nSPS) is 12.5. The Hall–Kier alpha value is -1.12. The van der Waals surface area contributed by atoms with Crippen molar-refractivity contribution in [3.63, 3.8) is 0 Å². The average Bonchev–Trinajstić information content (AvgIpc) is 2.41. The minimum Gasteiger partial charge on any atom is -0.271 e. The molecule has 2 rings (SSSR count). The summed E-state index contributed by atoms with van der Waals surface area (Å²) < 4.78 is 40.9. The van der Waals surface area contributed by atoms with Crippen molar-refractivity contribution in [2.75, 3.05) is 0 Å². The molecule has 0 spiro atoms. The number of benzene rings is 2. The van der Waals surface area contributed by atoms with Crippen LogP contribution in [0.15, 0.2) is 36.4 Å². The number of nitrogens with one attached hydrogen (secondary N) is 1. The summed E-state index contributed by atoms with van der Waals surface area (Å²) in [4.78, 5) is 0. The van der Waals surface area contributed by atoms with Crippen LogP contribution in [-0.2, 0) is 0 Å². The van der Waals surface area contributed by atoms with Crippen LogP contribution in [0.3, 0.4) is 0 Å². The molecule has 2 aromatic carbocycles. The number of nitrogens with two attached hydrogens (primary N) is 1. The van der Waals surface area contributed by atoms with Gasteiger partial charge in [0, 0.05) is 9.13 Å². The third kappa shape index (κ3) is 2.90. The monoisotopic (exact) mass is 378 g/mol. The smallest absolute Gasteiger partial charge is 0.194 e. The number of hydrogen-bond donors (Lipinski definition) is 2. The molecule has 0 heterocycles. The van der Waals surface area contributed by atoms with Gasteiger partial charge in [0.1, 0.15) is 0 Å². The minimum absolute atomic E-state index is 0.0393. The van der Waals surface area contributed by atoms with Crippen LogP contribution in [0.2, 0.25) is 0 Å². The number of rotatable bonds is 3. The molecule has 0 aliphatic carbocycles. The van der Waals surface area contributed by atoms with Gasteiger partial charge in [-0.1, -0.05) is 18.2 Å². The summed E-state index contributed by atoms with van der Waals surface area (Å²) in [6.45, 7) is 0. The van der Waals surface area contributed by atoms with E-state index >= 15 is 0 Å². The number of hydrazine groups is 1. The average molecular weight is 378 g/mol. The third-order valence-electron chi connectivity index (χ3n) is 2.75. The van der Waals surface area contributed by atoms with E-state index in [1.165, 1.54) is 6.07 Å². The Morgan fingerprint density at radius 2 is 1.58 bits per heavy atom. The van der Waals surface area contributed by atoms with E-state index in [4.69, 9.17) is 5.84 Å². The quantitative estimate of drug-likeness (QED) is 0.373. The fourth-order valence-corrected chi connectivity index (χ4v) is 2.14. The van der Waals surface area contributed by atoms with Crippen molar-refractivity contribution in [3.05, 3.63) is 68.5 Å². The molecule has 0 saturated heterocycles. The lowest BCUT2D eigenvalue weighted by Crippen LogP contribution is -2.29. The number of hydrogen-bond acceptors (Lipinski definition) is 2. The molecule has 0 bridgehead atoms. The van der Waals surface area contributed by atoms with Crippen molar-refractivity contribution in [2.24, 2.45) is 5.84 Å². The maximum Gasteiger partial charge on any atom is 0.194 e. The Labute approximate surface area is 121 Å². The van der Waals surface area contributed by atoms with E-state index in [1.807, 2.05) is 12.1 Å². The summed E-state index contributed by atoms with van der Waals surface area (Å²) in [7, 11) is 0. The molecule has 0 aliphatic rings. The highest BCUT2D eigenvalue weighted by atomic mass is 127. The maximum atomic E-state index is 13.8. The van der Waals surface area contributed by atoms with E-state index in [9.17, 15) is 13.2 Å². The van der Waals surface area contributed by atoms with Crippen LogP contribution in [0.4, 0.5) is 13.2 Å². The van der Waals surface area contributed by atoms with Crippen molar-refractivity contribution < 1.29 is 13.2 Å². The van der Waals surface area contributed by atoms with Crippen LogP contribution < -0.4 is 11.3 Å². The predicted octanol–water partition coefficient (Wildman–Crippen LogP) is 3.26. The van der Waals surface area contributed by atoms with Crippen LogP contribution in [0.25, 0.3) is 0 Å². The largest absolute Gasteiger partial charge is 0.271 e. The van der Waals surface area contributed by atoms with E-state index in [0.717, 1.165) is 9.64 Å². The topological polar surface area (TPSA) is 38.0 Å². The van der Waals surface area contributed by atoms with E-state index in [0.29, 0.717) is 5.56 Å². The van der Waals surface area contributed by atoms with Gasteiger partial charge in [-0.05, 0) is 46.4 Å². The molecule has 100 valence electrons. The van der Waals surface area contributed by atoms with Gasteiger partial charge in [-0.25, -0.2) is 18.6 Å². The van der Waals surface area contributed by atoms with Crippen molar-refractivity contribution in [2.45, 2.75) is 6.04 Å². The first-order chi connectivity index (χ1) is 9.04. The van der Waals surface area contributed by atoms with Crippen LogP contribution in [0.5, 0.6) is 0 Å². The van der Waals surface area contributed by atoms with E-state index < -0.39 is 23.5 Å². The zero-order valence-electron chi connectivity index (χ0n) is 9.63. The van der Waals surface area contributed by atoms with Crippen LogP contribution >= 0.6 is 22.6 Å². The highest BCUT2D eigenvalue weighted by molar-refractivity contribution is 14.1. The van der Waals surface area contributed by atoms with Crippen LogP contribution in [0.1, 0.15) is 17.2 Å². The van der Waals surface area contributed by atoms with Gasteiger partial charge in [0.25, 0.3) is 0 Å². The third-order valence-corrected chi connectivity index (χ3v) is 3.47. The highest BCUT2D eigenvalue weighted by Gasteiger charge is 2.21. The summed E-state index contributed by atoms with van der Waals surface area (Å²) in [6.07, 6.45) is 0. The molecule has 0 amide bonds. The minimum atomic E-state index is -1.50. The Bertz CT molecular complexity index is 587. The molecule has 0 aromatic heterocycles. The van der Waals surface area contributed by atoms with Gasteiger partial charge in [0.05, 0.1) is 6.04 Å². The van der Waals surface area contributed by atoms with E-state index in [-0.39, 0.29) is 5.56 Å². The second kappa shape index (κ2) is 5.89. The molecule has 19 heavy (non-hydrogen) atoms. The molecule has 2 nitrogen and oxygen atoms in total. The summed E-state index contributed by atoms with van der Waals surface area (Å²) in [5.41, 5.74) is 3.03. The van der Waals surface area contributed by atoms with Gasteiger partial charge >= 0.3 is 0 Å². The number of halogens is 4. The first-order valence-electron chi connectivity index (χ1n) is 5.39. The Morgan fingerprint density at radius 1 is 0.947 bits per heavy atom.